The summed E-state index contributed by atoms with van der Waals surface area (Å²) in [5.41, 5.74) is 0. The third-order valence-corrected chi connectivity index (χ3v) is 5.29. The van der Waals surface area contributed by atoms with Crippen LogP contribution in [0, 0.1) is 0 Å². The molecule has 0 aromatic carbocycles. The van der Waals surface area contributed by atoms with Crippen LogP contribution in [0.1, 0.15) is 53.9 Å². The summed E-state index contributed by atoms with van der Waals surface area (Å²) in [6, 6.07) is 0. The van der Waals surface area contributed by atoms with Gasteiger partial charge in [-0.2, -0.15) is 0 Å². The van der Waals surface area contributed by atoms with Gasteiger partial charge in [-0.05, 0) is 41.0 Å². The molecule has 0 spiro atoms. The van der Waals surface area contributed by atoms with E-state index in [1.807, 2.05) is 20.8 Å². The third-order valence-electron chi connectivity index (χ3n) is 2.13. The van der Waals surface area contributed by atoms with Crippen LogP contribution in [0.4, 0.5) is 0 Å². The van der Waals surface area contributed by atoms with Crippen LogP contribution >= 0.6 is 7.92 Å². The van der Waals surface area contributed by atoms with Crippen LogP contribution < -0.4 is 10.2 Å². The zero-order valence-electron chi connectivity index (χ0n) is 13.6. The second-order valence-corrected chi connectivity index (χ2v) is 6.78. The van der Waals surface area contributed by atoms with Crippen LogP contribution in [-0.4, -0.2) is 44.8 Å². The van der Waals surface area contributed by atoms with Gasteiger partial charge in [0, 0.05) is 11.9 Å². The topological polar surface area (TPSA) is 141 Å². The molecular weight excluding hydrogens is 406 g/mol. The summed E-state index contributed by atoms with van der Waals surface area (Å²) in [6.45, 7) is 7.54. The van der Waals surface area contributed by atoms with Gasteiger partial charge in [0.25, 0.3) is 0 Å². The number of carbonyl (C=O) groups is 2. The average molecular weight is 433 g/mol. The molecule has 3 unspecified atom stereocenters. The number of hydrogen-bond acceptors (Lipinski definition) is 7. The Morgan fingerprint density at radius 2 is 0.955 bits per heavy atom. The molecule has 0 fully saturated rings. The number of carboxylic acids is 2. The first-order valence-corrected chi connectivity index (χ1v) is 8.26. The number of hydrogen-bond donors (Lipinski definition) is 3. The van der Waals surface area contributed by atoms with Crippen molar-refractivity contribution in [3.05, 3.63) is 0 Å². The second-order valence-electron chi connectivity index (χ2n) is 4.10. The van der Waals surface area contributed by atoms with Crippen molar-refractivity contribution in [3.63, 3.8) is 0 Å². The van der Waals surface area contributed by atoms with E-state index < -0.39 is 37.4 Å². The Morgan fingerprint density at radius 3 is 1.05 bits per heavy atom. The van der Waals surface area contributed by atoms with E-state index in [2.05, 4.69) is 0 Å². The van der Waals surface area contributed by atoms with Crippen molar-refractivity contribution in [2.24, 2.45) is 0 Å². The molecule has 0 aromatic rings. The molecule has 0 saturated heterocycles. The van der Waals surface area contributed by atoms with Crippen molar-refractivity contribution in [1.29, 1.82) is 0 Å². The summed E-state index contributed by atoms with van der Waals surface area (Å²) < 4.78 is 0. The molecule has 3 N–H and O–H groups in total. The fourth-order valence-corrected chi connectivity index (χ4v) is 3.69. The number of rotatable bonds is 6. The molecule has 0 aliphatic rings. The van der Waals surface area contributed by atoms with Crippen LogP contribution in [0.5, 0.6) is 0 Å². The van der Waals surface area contributed by atoms with Crippen molar-refractivity contribution >= 4 is 19.9 Å². The first-order valence-electron chi connectivity index (χ1n) is 6.71. The van der Waals surface area contributed by atoms with E-state index in [1.54, 1.807) is 0 Å². The maximum Gasteiger partial charge on any atom is 2.00 e. The van der Waals surface area contributed by atoms with E-state index in [0.717, 1.165) is 13.8 Å². The van der Waals surface area contributed by atoms with Crippen molar-refractivity contribution in [1.82, 2.24) is 0 Å². The standard InChI is InChI=1S/C9H21O3P.2C2H4O2.Pd/c1-4-7(10)13(8(11)5-2)9(12)6-3;2*1-2(3)4;/h7-12H,4-6H2,1-3H3;2*1H3,(H,3,4);/q;;;+2/p-2. The fraction of sp³-hybridized carbons (Fsp3) is 0.846. The minimum Gasteiger partial charge on any atom is -0.550 e. The molecule has 0 aromatic heterocycles. The summed E-state index contributed by atoms with van der Waals surface area (Å²) in [7, 11) is -1.08. The Morgan fingerprint density at radius 1 is 0.818 bits per heavy atom. The van der Waals surface area contributed by atoms with Gasteiger partial charge in [-0.25, -0.2) is 0 Å². The Kier molecular flexibility index (Phi) is 25.7. The number of carboxylic acid groups (broad SMARTS) is 2. The van der Waals surface area contributed by atoms with Crippen LogP contribution in [0.2, 0.25) is 0 Å². The largest absolute Gasteiger partial charge is 2.00 e. The van der Waals surface area contributed by atoms with Gasteiger partial charge in [-0.3, -0.25) is 0 Å². The Bertz CT molecular complexity index is 235. The molecule has 0 aliphatic carbocycles. The van der Waals surface area contributed by atoms with Crippen LogP contribution in [0.15, 0.2) is 0 Å². The molecule has 0 aliphatic heterocycles. The zero-order valence-corrected chi connectivity index (χ0v) is 16.0. The molecule has 0 heterocycles. The molecule has 0 bridgehead atoms. The number of aliphatic hydroxyl groups excluding tert-OH is 3. The summed E-state index contributed by atoms with van der Waals surface area (Å²) >= 11 is 0. The van der Waals surface area contributed by atoms with E-state index in [1.165, 1.54) is 0 Å². The number of aliphatic hydroxyl groups is 3. The molecule has 7 nitrogen and oxygen atoms in total. The van der Waals surface area contributed by atoms with E-state index >= 15 is 0 Å². The first kappa shape index (κ1) is 29.9. The normalized spacial score (nSPS) is 14.5. The molecule has 136 valence electrons. The number of carbonyl (C=O) groups excluding carboxylic acids is 2. The maximum absolute atomic E-state index is 9.63. The molecular formula is C13H27O7PPd. The van der Waals surface area contributed by atoms with E-state index in [0.29, 0.717) is 19.3 Å². The van der Waals surface area contributed by atoms with Gasteiger partial charge in [0.15, 0.2) is 0 Å². The van der Waals surface area contributed by atoms with Crippen molar-refractivity contribution in [2.45, 2.75) is 71.4 Å². The quantitative estimate of drug-likeness (QED) is 0.367. The van der Waals surface area contributed by atoms with E-state index in [9.17, 15) is 15.3 Å². The van der Waals surface area contributed by atoms with Crippen molar-refractivity contribution in [3.8, 4) is 0 Å². The van der Waals surface area contributed by atoms with Crippen molar-refractivity contribution < 1.29 is 55.5 Å². The van der Waals surface area contributed by atoms with Gasteiger partial charge in [0.1, 0.15) is 0 Å². The van der Waals surface area contributed by atoms with Gasteiger partial charge in [0.05, 0.1) is 17.5 Å². The summed E-state index contributed by atoms with van der Waals surface area (Å²) in [5, 5.41) is 46.7. The monoisotopic (exact) mass is 432 g/mol. The summed E-state index contributed by atoms with van der Waals surface area (Å²) in [4.78, 5) is 17.8. The Labute approximate surface area is 147 Å². The van der Waals surface area contributed by atoms with Crippen LogP contribution in [0.3, 0.4) is 0 Å². The molecule has 3 atom stereocenters. The smallest absolute Gasteiger partial charge is 0.550 e. The molecule has 22 heavy (non-hydrogen) atoms. The minimum absolute atomic E-state index is 0. The molecule has 0 radical (unpaired) electrons. The van der Waals surface area contributed by atoms with Gasteiger partial charge in [-0.15, -0.1) is 0 Å². The third kappa shape index (κ3) is 22.2. The predicted molar refractivity (Wildman–Crippen MR) is 77.2 cm³/mol. The zero-order chi connectivity index (χ0) is 17.6. The van der Waals surface area contributed by atoms with E-state index in [-0.39, 0.29) is 20.4 Å². The average Bonchev–Trinajstić information content (AvgIpc) is 2.36. The molecule has 0 rings (SSSR count). The Balaban J connectivity index is -0.000000150. The summed E-state index contributed by atoms with van der Waals surface area (Å²) in [6.07, 6.45) is 1.79. The minimum atomic E-state index is -1.08. The predicted octanol–water partition coefficient (Wildman–Crippen LogP) is -0.837. The maximum atomic E-state index is 9.63. The van der Waals surface area contributed by atoms with Gasteiger partial charge in [-0.1, -0.05) is 20.8 Å². The SMILES string of the molecule is CC(=O)[O-].CC(=O)[O-].CCC(O)P(C(O)CC)C(O)CC.[Pd+2]. The van der Waals surface area contributed by atoms with Gasteiger partial charge >= 0.3 is 20.4 Å². The van der Waals surface area contributed by atoms with Crippen LogP contribution in [-0.2, 0) is 30.0 Å². The Hall–Kier alpha value is -0.0877. The van der Waals surface area contributed by atoms with Crippen molar-refractivity contribution in [2.75, 3.05) is 0 Å². The molecule has 0 amide bonds. The second kappa shape index (κ2) is 19.0. The first-order chi connectivity index (χ1) is 9.54. The fourth-order valence-electron chi connectivity index (χ4n) is 1.23. The number of aliphatic carboxylic acids is 2. The van der Waals surface area contributed by atoms with Crippen LogP contribution in [0.25, 0.3) is 0 Å². The van der Waals surface area contributed by atoms with Gasteiger partial charge < -0.3 is 35.1 Å². The summed E-state index contributed by atoms with van der Waals surface area (Å²) in [5.74, 6) is -3.79. The molecule has 0 saturated carbocycles. The molecule has 9 heteroatoms. The van der Waals surface area contributed by atoms with E-state index in [4.69, 9.17) is 19.8 Å². The van der Waals surface area contributed by atoms with Gasteiger partial charge in [0.2, 0.25) is 0 Å².